The Balaban J connectivity index is 2.07. The Morgan fingerprint density at radius 1 is 1.21 bits per heavy atom. The molecule has 0 saturated heterocycles. The van der Waals surface area contributed by atoms with Crippen molar-refractivity contribution >= 4 is 17.7 Å². The number of hydrogen-bond donors (Lipinski definition) is 1. The van der Waals surface area contributed by atoms with Crippen LogP contribution in [-0.2, 0) is 0 Å². The van der Waals surface area contributed by atoms with Gasteiger partial charge in [0, 0.05) is 18.8 Å². The average Bonchev–Trinajstić information content (AvgIpc) is 2.64. The lowest BCUT2D eigenvalue weighted by Gasteiger charge is -2.20. The first-order chi connectivity index (χ1) is 11.7. The molecule has 0 aliphatic carbocycles. The summed E-state index contributed by atoms with van der Waals surface area (Å²) in [4.78, 5) is 10.4. The molecular formula is C17H22N6O. The predicted octanol–water partition coefficient (Wildman–Crippen LogP) is 2.07. The zero-order chi connectivity index (χ0) is 17.4. The molecule has 1 aromatic heterocycles. The van der Waals surface area contributed by atoms with Gasteiger partial charge in [-0.2, -0.15) is 5.10 Å². The Morgan fingerprint density at radius 3 is 2.54 bits per heavy atom. The highest BCUT2D eigenvalue weighted by Crippen LogP contribution is 2.14. The smallest absolute Gasteiger partial charge is 0.232 e. The summed E-state index contributed by atoms with van der Waals surface area (Å²) in [6.07, 6.45) is 4.65. The highest BCUT2D eigenvalue weighted by Gasteiger charge is 2.03. The quantitative estimate of drug-likeness (QED) is 0.478. The maximum absolute atomic E-state index is 5.85. The maximum atomic E-state index is 5.85. The van der Waals surface area contributed by atoms with E-state index in [1.807, 2.05) is 12.1 Å². The van der Waals surface area contributed by atoms with Crippen molar-refractivity contribution in [3.05, 3.63) is 47.9 Å². The second-order valence-electron chi connectivity index (χ2n) is 4.94. The Morgan fingerprint density at radius 2 is 1.92 bits per heavy atom. The van der Waals surface area contributed by atoms with Crippen molar-refractivity contribution in [2.45, 2.75) is 13.8 Å². The lowest BCUT2D eigenvalue weighted by atomic mass is 10.2. The largest absolute Gasteiger partial charge is 0.480 e. The molecule has 24 heavy (non-hydrogen) atoms. The van der Waals surface area contributed by atoms with Crippen molar-refractivity contribution in [1.82, 2.24) is 9.97 Å². The molecule has 1 aromatic carbocycles. The third-order valence-corrected chi connectivity index (χ3v) is 3.48. The van der Waals surface area contributed by atoms with Crippen molar-refractivity contribution in [3.63, 3.8) is 0 Å². The van der Waals surface area contributed by atoms with Gasteiger partial charge in [0.15, 0.2) is 5.84 Å². The summed E-state index contributed by atoms with van der Waals surface area (Å²) < 4.78 is 5.00. The number of hydrogen-bond acceptors (Lipinski definition) is 6. The maximum Gasteiger partial charge on any atom is 0.232 e. The number of aromatic nitrogens is 2. The van der Waals surface area contributed by atoms with Crippen molar-refractivity contribution < 1.29 is 4.74 Å². The standard InChI is InChI=1S/C17H22N6O/c1-4-23(5-2)14-8-6-13(7-9-14)10-20-22-17(18)15-11-19-12-16(21-15)24-3/h6-12H,4-5H2,1-3H3,(H2,18,22). The first-order valence-corrected chi connectivity index (χ1v) is 7.75. The molecule has 0 radical (unpaired) electrons. The van der Waals surface area contributed by atoms with E-state index in [0.717, 1.165) is 18.7 Å². The van der Waals surface area contributed by atoms with Gasteiger partial charge in [-0.1, -0.05) is 12.1 Å². The first-order valence-electron chi connectivity index (χ1n) is 7.75. The first kappa shape index (κ1) is 17.4. The van der Waals surface area contributed by atoms with Crippen LogP contribution in [0.1, 0.15) is 25.1 Å². The van der Waals surface area contributed by atoms with E-state index in [9.17, 15) is 0 Å². The number of amidine groups is 1. The molecule has 7 nitrogen and oxygen atoms in total. The summed E-state index contributed by atoms with van der Waals surface area (Å²) in [7, 11) is 1.52. The summed E-state index contributed by atoms with van der Waals surface area (Å²) in [5.74, 6) is 0.555. The molecule has 0 atom stereocenters. The number of anilines is 1. The van der Waals surface area contributed by atoms with E-state index < -0.39 is 0 Å². The molecule has 0 bridgehead atoms. The van der Waals surface area contributed by atoms with E-state index in [0.29, 0.717) is 11.6 Å². The molecule has 0 amide bonds. The van der Waals surface area contributed by atoms with Crippen molar-refractivity contribution in [1.29, 1.82) is 0 Å². The minimum atomic E-state index is 0.178. The van der Waals surface area contributed by atoms with Gasteiger partial charge >= 0.3 is 0 Å². The molecule has 2 rings (SSSR count). The van der Waals surface area contributed by atoms with Gasteiger partial charge in [0.1, 0.15) is 5.69 Å². The SMILES string of the molecule is CCN(CC)c1ccc(C=NN=C(N)c2cncc(OC)n2)cc1. The van der Waals surface area contributed by atoms with E-state index >= 15 is 0 Å². The Hall–Kier alpha value is -2.96. The van der Waals surface area contributed by atoms with Gasteiger partial charge in [-0.15, -0.1) is 5.10 Å². The minimum Gasteiger partial charge on any atom is -0.480 e. The lowest BCUT2D eigenvalue weighted by molar-refractivity contribution is 0.395. The molecule has 0 aliphatic heterocycles. The molecule has 0 aliphatic rings. The molecule has 0 fully saturated rings. The molecule has 0 saturated carbocycles. The van der Waals surface area contributed by atoms with Crippen LogP contribution in [0.2, 0.25) is 0 Å². The third kappa shape index (κ3) is 4.52. The Kier molecular flexibility index (Phi) is 6.24. The average molecular weight is 326 g/mol. The second-order valence-corrected chi connectivity index (χ2v) is 4.94. The predicted molar refractivity (Wildman–Crippen MR) is 96.9 cm³/mol. The van der Waals surface area contributed by atoms with Gasteiger partial charge in [-0.3, -0.25) is 4.98 Å². The molecule has 0 unspecified atom stereocenters. The topological polar surface area (TPSA) is 89.0 Å². The number of ether oxygens (including phenoxy) is 1. The van der Waals surface area contributed by atoms with Crippen molar-refractivity contribution in [3.8, 4) is 5.88 Å². The zero-order valence-electron chi connectivity index (χ0n) is 14.2. The third-order valence-electron chi connectivity index (χ3n) is 3.48. The number of methoxy groups -OCH3 is 1. The van der Waals surface area contributed by atoms with Crippen LogP contribution in [0.5, 0.6) is 5.88 Å². The molecular weight excluding hydrogens is 304 g/mol. The fraction of sp³-hybridized carbons (Fsp3) is 0.294. The van der Waals surface area contributed by atoms with Crippen LogP contribution in [0.15, 0.2) is 46.9 Å². The molecule has 1 heterocycles. The Bertz CT molecular complexity index is 707. The molecule has 2 N–H and O–H groups in total. The van der Waals surface area contributed by atoms with Crippen LogP contribution in [0.3, 0.4) is 0 Å². The van der Waals surface area contributed by atoms with E-state index in [-0.39, 0.29) is 5.84 Å². The van der Waals surface area contributed by atoms with Gasteiger partial charge in [0.05, 0.1) is 25.7 Å². The molecule has 7 heteroatoms. The summed E-state index contributed by atoms with van der Waals surface area (Å²) in [6, 6.07) is 8.12. The van der Waals surface area contributed by atoms with E-state index in [1.54, 1.807) is 6.21 Å². The van der Waals surface area contributed by atoms with Crippen molar-refractivity contribution in [2.24, 2.45) is 15.9 Å². The lowest BCUT2D eigenvalue weighted by Crippen LogP contribution is -2.21. The van der Waals surface area contributed by atoms with E-state index in [1.165, 1.54) is 25.2 Å². The van der Waals surface area contributed by atoms with Crippen LogP contribution in [0, 0.1) is 0 Å². The van der Waals surface area contributed by atoms with Crippen LogP contribution in [0.25, 0.3) is 0 Å². The number of rotatable bonds is 7. The number of benzene rings is 1. The summed E-state index contributed by atoms with van der Waals surface area (Å²) in [5.41, 5.74) is 8.40. The monoisotopic (exact) mass is 326 g/mol. The highest BCUT2D eigenvalue weighted by atomic mass is 16.5. The second kappa shape index (κ2) is 8.61. The summed E-state index contributed by atoms with van der Waals surface area (Å²) >= 11 is 0. The van der Waals surface area contributed by atoms with Gasteiger partial charge in [0.2, 0.25) is 5.88 Å². The summed E-state index contributed by atoms with van der Waals surface area (Å²) in [5, 5.41) is 7.95. The zero-order valence-corrected chi connectivity index (χ0v) is 14.2. The van der Waals surface area contributed by atoms with Gasteiger partial charge in [-0.25, -0.2) is 4.98 Å². The van der Waals surface area contributed by atoms with Gasteiger partial charge in [0.25, 0.3) is 0 Å². The van der Waals surface area contributed by atoms with E-state index in [2.05, 4.69) is 51.1 Å². The van der Waals surface area contributed by atoms with Crippen LogP contribution in [-0.4, -0.2) is 42.2 Å². The molecule has 0 spiro atoms. The number of nitrogens with two attached hydrogens (primary N) is 1. The molecule has 2 aromatic rings. The van der Waals surface area contributed by atoms with Gasteiger partial charge in [-0.05, 0) is 31.5 Å². The van der Waals surface area contributed by atoms with Crippen molar-refractivity contribution in [2.75, 3.05) is 25.1 Å². The van der Waals surface area contributed by atoms with Crippen LogP contribution in [0.4, 0.5) is 5.69 Å². The van der Waals surface area contributed by atoms with Gasteiger partial charge < -0.3 is 15.4 Å². The fourth-order valence-electron chi connectivity index (χ4n) is 2.14. The highest BCUT2D eigenvalue weighted by molar-refractivity contribution is 5.95. The van der Waals surface area contributed by atoms with Crippen LogP contribution >= 0.6 is 0 Å². The minimum absolute atomic E-state index is 0.178. The van der Waals surface area contributed by atoms with E-state index in [4.69, 9.17) is 10.5 Å². The molecule has 126 valence electrons. The fourth-order valence-corrected chi connectivity index (χ4v) is 2.14. The summed E-state index contributed by atoms with van der Waals surface area (Å²) in [6.45, 7) is 6.23. The Labute approximate surface area is 141 Å². The normalized spacial score (nSPS) is 11.7. The number of nitrogens with zero attached hydrogens (tertiary/aromatic N) is 5. The van der Waals surface area contributed by atoms with Crippen LogP contribution < -0.4 is 15.4 Å².